The second-order valence-electron chi connectivity index (χ2n) is 4.42. The van der Waals surface area contributed by atoms with Crippen LogP contribution < -0.4 is 16.6 Å². The number of nitrogens with one attached hydrogen (secondary N) is 2. The maximum Gasteiger partial charge on any atom is 0.211 e. The second kappa shape index (κ2) is 5.32. The van der Waals surface area contributed by atoms with Crippen LogP contribution in [-0.2, 0) is 7.05 Å². The van der Waals surface area contributed by atoms with Crippen LogP contribution in [0.1, 0.15) is 16.6 Å². The summed E-state index contributed by atoms with van der Waals surface area (Å²) in [7, 11) is 2.00. The van der Waals surface area contributed by atoms with Gasteiger partial charge >= 0.3 is 0 Å². The van der Waals surface area contributed by atoms with Gasteiger partial charge in [0.2, 0.25) is 5.96 Å². The first kappa shape index (κ1) is 13.2. The normalized spacial score (nSPS) is 18.2. The van der Waals surface area contributed by atoms with Gasteiger partial charge < -0.3 is 9.88 Å². The van der Waals surface area contributed by atoms with Gasteiger partial charge in [0, 0.05) is 18.1 Å². The standard InChI is InChI=1S/C13H14ClN5S/c1-19-6-2-3-10(19)8-7-9(17-13(16-8)18-15)11-4-5-12(14)20-11/h2-7,9H,15H2,1H3,(H2,16,17,18). The van der Waals surface area contributed by atoms with E-state index in [2.05, 4.69) is 21.8 Å². The Kier molecular flexibility index (Phi) is 3.52. The minimum absolute atomic E-state index is 0.0929. The smallest absolute Gasteiger partial charge is 0.211 e. The Morgan fingerprint density at radius 2 is 2.30 bits per heavy atom. The highest BCUT2D eigenvalue weighted by Gasteiger charge is 2.19. The molecule has 5 nitrogen and oxygen atoms in total. The van der Waals surface area contributed by atoms with E-state index >= 15 is 0 Å². The molecular formula is C13H14ClN5S. The molecular weight excluding hydrogens is 294 g/mol. The van der Waals surface area contributed by atoms with Crippen molar-refractivity contribution in [2.75, 3.05) is 0 Å². The van der Waals surface area contributed by atoms with Gasteiger partial charge in [0.05, 0.1) is 15.7 Å². The van der Waals surface area contributed by atoms with Crippen LogP contribution in [0, 0.1) is 0 Å². The summed E-state index contributed by atoms with van der Waals surface area (Å²) in [4.78, 5) is 5.59. The zero-order valence-corrected chi connectivity index (χ0v) is 12.4. The molecule has 0 aliphatic carbocycles. The SMILES string of the molecule is Cn1cccc1C1=CC(c2ccc(Cl)s2)N=C(NN)N1. The first-order chi connectivity index (χ1) is 9.67. The maximum atomic E-state index is 6.00. The lowest BCUT2D eigenvalue weighted by molar-refractivity contribution is 0.831. The summed E-state index contributed by atoms with van der Waals surface area (Å²) in [6, 6.07) is 7.81. The highest BCUT2D eigenvalue weighted by atomic mass is 35.5. The van der Waals surface area contributed by atoms with E-state index < -0.39 is 0 Å². The van der Waals surface area contributed by atoms with Crippen molar-refractivity contribution in [2.45, 2.75) is 6.04 Å². The van der Waals surface area contributed by atoms with Crippen LogP contribution in [0.2, 0.25) is 4.34 Å². The van der Waals surface area contributed by atoms with Gasteiger partial charge in [-0.25, -0.2) is 10.8 Å². The lowest BCUT2D eigenvalue weighted by Crippen LogP contribution is -2.42. The van der Waals surface area contributed by atoms with E-state index in [1.165, 1.54) is 11.3 Å². The van der Waals surface area contributed by atoms with E-state index in [-0.39, 0.29) is 6.04 Å². The predicted octanol–water partition coefficient (Wildman–Crippen LogP) is 2.24. The summed E-state index contributed by atoms with van der Waals surface area (Å²) in [5, 5.41) is 3.18. The van der Waals surface area contributed by atoms with Crippen molar-refractivity contribution in [2.24, 2.45) is 17.9 Å². The van der Waals surface area contributed by atoms with E-state index in [0.29, 0.717) is 5.96 Å². The molecule has 1 aliphatic heterocycles. The number of aliphatic imine (C=N–C) groups is 1. The number of hydrazine groups is 1. The molecule has 4 N–H and O–H groups in total. The zero-order valence-electron chi connectivity index (χ0n) is 10.8. The lowest BCUT2D eigenvalue weighted by Gasteiger charge is -2.21. The molecule has 2 aromatic rings. The van der Waals surface area contributed by atoms with Crippen LogP contribution >= 0.6 is 22.9 Å². The van der Waals surface area contributed by atoms with Crippen molar-refractivity contribution in [3.05, 3.63) is 51.4 Å². The molecule has 0 radical (unpaired) electrons. The number of aryl methyl sites for hydroxylation is 1. The highest BCUT2D eigenvalue weighted by Crippen LogP contribution is 2.33. The third-order valence-corrected chi connectivity index (χ3v) is 4.39. The van der Waals surface area contributed by atoms with Crippen molar-refractivity contribution >= 4 is 34.6 Å². The van der Waals surface area contributed by atoms with Gasteiger partial charge in [0.25, 0.3) is 0 Å². The van der Waals surface area contributed by atoms with Gasteiger partial charge in [-0.2, -0.15) is 0 Å². The number of halogens is 1. The topological polar surface area (TPSA) is 67.4 Å². The van der Waals surface area contributed by atoms with Crippen LogP contribution in [0.3, 0.4) is 0 Å². The highest BCUT2D eigenvalue weighted by molar-refractivity contribution is 7.16. The van der Waals surface area contributed by atoms with Crippen molar-refractivity contribution in [1.82, 2.24) is 15.3 Å². The van der Waals surface area contributed by atoms with Crippen LogP contribution in [0.25, 0.3) is 5.70 Å². The fraction of sp³-hybridized carbons (Fsp3) is 0.154. The first-order valence-electron chi connectivity index (χ1n) is 6.07. The van der Waals surface area contributed by atoms with Gasteiger partial charge in [-0.3, -0.25) is 5.43 Å². The molecule has 3 heterocycles. The summed E-state index contributed by atoms with van der Waals surface area (Å²) in [6.07, 6.45) is 4.06. The molecule has 0 saturated carbocycles. The molecule has 1 unspecified atom stereocenters. The van der Waals surface area contributed by atoms with E-state index in [4.69, 9.17) is 17.4 Å². The molecule has 0 fully saturated rings. The molecule has 3 rings (SSSR count). The Hall–Kier alpha value is -1.76. The molecule has 0 aromatic carbocycles. The van der Waals surface area contributed by atoms with Crippen molar-refractivity contribution < 1.29 is 0 Å². The molecule has 1 atom stereocenters. The summed E-state index contributed by atoms with van der Waals surface area (Å²) < 4.78 is 2.79. The van der Waals surface area contributed by atoms with Gasteiger partial charge in [-0.05, 0) is 30.3 Å². The Labute approximate surface area is 125 Å². The molecule has 7 heteroatoms. The predicted molar refractivity (Wildman–Crippen MR) is 83.4 cm³/mol. The molecule has 0 bridgehead atoms. The van der Waals surface area contributed by atoms with Gasteiger partial charge in [0.15, 0.2) is 0 Å². The summed E-state index contributed by atoms with van der Waals surface area (Å²) >= 11 is 7.52. The molecule has 0 spiro atoms. The zero-order chi connectivity index (χ0) is 14.1. The lowest BCUT2D eigenvalue weighted by atomic mass is 10.1. The first-order valence-corrected chi connectivity index (χ1v) is 7.27. The van der Waals surface area contributed by atoms with Crippen LogP contribution in [0.5, 0.6) is 0 Å². The Morgan fingerprint density at radius 1 is 1.45 bits per heavy atom. The number of nitrogens with two attached hydrogens (primary N) is 1. The average Bonchev–Trinajstić information content (AvgIpc) is 3.07. The minimum Gasteiger partial charge on any atom is -0.349 e. The number of hydrogen-bond acceptors (Lipinski definition) is 5. The number of nitrogens with zero attached hydrogens (tertiary/aromatic N) is 2. The van der Waals surface area contributed by atoms with E-state index in [0.717, 1.165) is 20.6 Å². The molecule has 0 amide bonds. The third kappa shape index (κ3) is 2.45. The summed E-state index contributed by atoms with van der Waals surface area (Å²) in [6.45, 7) is 0. The number of thiophene rings is 1. The monoisotopic (exact) mass is 307 g/mol. The van der Waals surface area contributed by atoms with E-state index in [9.17, 15) is 0 Å². The Morgan fingerprint density at radius 3 is 2.90 bits per heavy atom. The number of guanidine groups is 1. The van der Waals surface area contributed by atoms with Crippen LogP contribution in [-0.4, -0.2) is 10.5 Å². The molecule has 0 saturated heterocycles. The van der Waals surface area contributed by atoms with E-state index in [1.54, 1.807) is 0 Å². The molecule has 20 heavy (non-hydrogen) atoms. The number of rotatable bonds is 2. The number of aromatic nitrogens is 1. The quantitative estimate of drug-likeness (QED) is 0.589. The van der Waals surface area contributed by atoms with Crippen LogP contribution in [0.15, 0.2) is 41.5 Å². The van der Waals surface area contributed by atoms with Crippen molar-refractivity contribution in [3.63, 3.8) is 0 Å². The van der Waals surface area contributed by atoms with Crippen LogP contribution in [0.4, 0.5) is 0 Å². The Bertz CT molecular complexity index is 685. The second-order valence-corrected chi connectivity index (χ2v) is 6.17. The Balaban J connectivity index is 2.00. The summed E-state index contributed by atoms with van der Waals surface area (Å²) in [5.41, 5.74) is 4.62. The van der Waals surface area contributed by atoms with Crippen molar-refractivity contribution in [1.29, 1.82) is 0 Å². The van der Waals surface area contributed by atoms with Crippen molar-refractivity contribution in [3.8, 4) is 0 Å². The minimum atomic E-state index is -0.0929. The maximum absolute atomic E-state index is 6.00. The van der Waals surface area contributed by atoms with Gasteiger partial charge in [0.1, 0.15) is 6.04 Å². The fourth-order valence-corrected chi connectivity index (χ4v) is 3.20. The fourth-order valence-electron chi connectivity index (χ4n) is 2.13. The third-order valence-electron chi connectivity index (χ3n) is 3.09. The summed E-state index contributed by atoms with van der Waals surface area (Å²) in [5.74, 6) is 6.04. The van der Waals surface area contributed by atoms with Gasteiger partial charge in [-0.15, -0.1) is 11.3 Å². The largest absolute Gasteiger partial charge is 0.349 e. The average molecular weight is 308 g/mol. The molecule has 2 aromatic heterocycles. The molecule has 104 valence electrons. The van der Waals surface area contributed by atoms with Gasteiger partial charge in [-0.1, -0.05) is 11.6 Å². The molecule has 1 aliphatic rings. The van der Waals surface area contributed by atoms with E-state index in [1.807, 2.05) is 42.1 Å². The number of hydrogen-bond donors (Lipinski definition) is 3.